The zero-order valence-corrected chi connectivity index (χ0v) is 12.1. The second kappa shape index (κ2) is 6.35. The maximum Gasteiger partial charge on any atom is 0.309 e. The van der Waals surface area contributed by atoms with Crippen LogP contribution in [0, 0.1) is 5.92 Å². The monoisotopic (exact) mass is 265 g/mol. The summed E-state index contributed by atoms with van der Waals surface area (Å²) in [5.41, 5.74) is 0. The third-order valence-corrected chi connectivity index (χ3v) is 4.85. The van der Waals surface area contributed by atoms with Crippen LogP contribution in [0.25, 0.3) is 0 Å². The Morgan fingerprint density at radius 1 is 1.41 bits per heavy atom. The number of rotatable bonds is 7. The highest BCUT2D eigenvalue weighted by Gasteiger charge is 2.29. The molecule has 102 valence electrons. The van der Waals surface area contributed by atoms with Gasteiger partial charge in [0.2, 0.25) is 0 Å². The number of nitrogens with one attached hydrogen (secondary N) is 1. The lowest BCUT2D eigenvalue weighted by atomic mass is 10.1. The molecule has 0 aromatic rings. The van der Waals surface area contributed by atoms with Gasteiger partial charge in [0.25, 0.3) is 0 Å². The van der Waals surface area contributed by atoms with E-state index in [1.54, 1.807) is 27.7 Å². The Morgan fingerprint density at radius 2 is 1.94 bits per heavy atom. The Kier molecular flexibility index (Phi) is 6.12. The van der Waals surface area contributed by atoms with Crippen molar-refractivity contribution in [2.75, 3.05) is 26.0 Å². The molecule has 17 heavy (non-hydrogen) atoms. The molecule has 5 nitrogen and oxygen atoms in total. The van der Waals surface area contributed by atoms with Gasteiger partial charge in [-0.25, -0.2) is 8.42 Å². The number of hydrogen-bond acceptors (Lipinski definition) is 5. The summed E-state index contributed by atoms with van der Waals surface area (Å²) < 4.78 is 26.9. The van der Waals surface area contributed by atoms with E-state index in [0.29, 0.717) is 19.7 Å². The number of sulfone groups is 1. The third kappa shape index (κ3) is 5.50. The molecular formula is C11H23NO4S. The van der Waals surface area contributed by atoms with Gasteiger partial charge in [-0.2, -0.15) is 0 Å². The van der Waals surface area contributed by atoms with Crippen molar-refractivity contribution < 1.29 is 17.9 Å². The molecule has 0 saturated heterocycles. The van der Waals surface area contributed by atoms with Crippen molar-refractivity contribution in [2.45, 2.75) is 32.4 Å². The molecule has 0 amide bonds. The van der Waals surface area contributed by atoms with Gasteiger partial charge in [0.05, 0.1) is 17.3 Å². The van der Waals surface area contributed by atoms with Crippen molar-refractivity contribution in [3.05, 3.63) is 0 Å². The number of esters is 1. The highest BCUT2D eigenvalue weighted by Crippen LogP contribution is 2.13. The quantitative estimate of drug-likeness (QED) is 0.682. The van der Waals surface area contributed by atoms with Crippen LogP contribution in [-0.2, 0) is 19.4 Å². The molecule has 1 N–H and O–H groups in total. The summed E-state index contributed by atoms with van der Waals surface area (Å²) in [4.78, 5) is 11.3. The van der Waals surface area contributed by atoms with E-state index in [2.05, 4.69) is 5.32 Å². The van der Waals surface area contributed by atoms with Crippen LogP contribution < -0.4 is 5.32 Å². The van der Waals surface area contributed by atoms with Crippen molar-refractivity contribution in [3.63, 3.8) is 0 Å². The SMILES string of the molecule is CCOC(=O)C(C)CNCC(C)(C)S(C)(=O)=O. The van der Waals surface area contributed by atoms with Gasteiger partial charge in [0, 0.05) is 19.3 Å². The molecule has 0 aromatic carbocycles. The Bertz CT molecular complexity index is 348. The van der Waals surface area contributed by atoms with Crippen LogP contribution in [0.4, 0.5) is 0 Å². The number of carbonyl (C=O) groups is 1. The minimum Gasteiger partial charge on any atom is -0.466 e. The molecule has 0 rings (SSSR count). The van der Waals surface area contributed by atoms with Crippen molar-refractivity contribution in [3.8, 4) is 0 Å². The molecule has 0 aliphatic heterocycles. The molecule has 0 saturated carbocycles. The number of hydrogen-bond donors (Lipinski definition) is 1. The van der Waals surface area contributed by atoms with E-state index in [0.717, 1.165) is 0 Å². The first-order valence-corrected chi connectivity index (χ1v) is 7.58. The average Bonchev–Trinajstić information content (AvgIpc) is 2.15. The summed E-state index contributed by atoms with van der Waals surface area (Å²) in [6.07, 6.45) is 1.21. The zero-order chi connectivity index (χ0) is 13.7. The Morgan fingerprint density at radius 3 is 2.35 bits per heavy atom. The van der Waals surface area contributed by atoms with Gasteiger partial charge in [-0.05, 0) is 20.8 Å². The predicted octanol–water partition coefficient (Wildman–Crippen LogP) is 0.598. The standard InChI is InChI=1S/C11H23NO4S/c1-6-16-10(13)9(2)7-12-8-11(3,4)17(5,14)15/h9,12H,6-8H2,1-5H3. The van der Waals surface area contributed by atoms with Crippen LogP contribution in [0.1, 0.15) is 27.7 Å². The fraction of sp³-hybridized carbons (Fsp3) is 0.909. The molecule has 0 aromatic heterocycles. The Balaban J connectivity index is 4.12. The number of carbonyl (C=O) groups excluding carboxylic acids is 1. The van der Waals surface area contributed by atoms with E-state index in [4.69, 9.17) is 4.74 Å². The van der Waals surface area contributed by atoms with Crippen molar-refractivity contribution in [1.82, 2.24) is 5.32 Å². The molecule has 0 radical (unpaired) electrons. The highest BCUT2D eigenvalue weighted by molar-refractivity contribution is 7.92. The first-order valence-electron chi connectivity index (χ1n) is 5.68. The van der Waals surface area contributed by atoms with Gasteiger partial charge in [0.1, 0.15) is 0 Å². The molecular weight excluding hydrogens is 242 g/mol. The summed E-state index contributed by atoms with van der Waals surface area (Å²) in [5.74, 6) is -0.539. The first-order chi connectivity index (χ1) is 7.62. The summed E-state index contributed by atoms with van der Waals surface area (Å²) in [6.45, 7) is 7.91. The van der Waals surface area contributed by atoms with Gasteiger partial charge in [-0.3, -0.25) is 4.79 Å². The Labute approximate surface area is 104 Å². The molecule has 1 unspecified atom stereocenters. The van der Waals surface area contributed by atoms with Crippen LogP contribution in [0.15, 0.2) is 0 Å². The summed E-state index contributed by atoms with van der Waals surface area (Å²) in [5, 5.41) is 2.99. The minimum absolute atomic E-state index is 0.267. The first kappa shape index (κ1) is 16.4. The van der Waals surface area contributed by atoms with Gasteiger partial charge in [0.15, 0.2) is 9.84 Å². The average molecular weight is 265 g/mol. The molecule has 0 aliphatic rings. The van der Waals surface area contributed by atoms with E-state index in [9.17, 15) is 13.2 Å². The largest absolute Gasteiger partial charge is 0.466 e. The molecule has 0 heterocycles. The topological polar surface area (TPSA) is 72.5 Å². The lowest BCUT2D eigenvalue weighted by Crippen LogP contribution is -2.43. The minimum atomic E-state index is -3.11. The maximum atomic E-state index is 11.4. The summed E-state index contributed by atoms with van der Waals surface area (Å²) >= 11 is 0. The van der Waals surface area contributed by atoms with Crippen LogP contribution in [-0.4, -0.2) is 45.1 Å². The molecule has 0 spiro atoms. The fourth-order valence-corrected chi connectivity index (χ4v) is 1.45. The van der Waals surface area contributed by atoms with E-state index in [1.165, 1.54) is 6.26 Å². The van der Waals surface area contributed by atoms with Crippen molar-refractivity contribution in [1.29, 1.82) is 0 Å². The van der Waals surface area contributed by atoms with Crippen LogP contribution in [0.3, 0.4) is 0 Å². The predicted molar refractivity (Wildman–Crippen MR) is 67.6 cm³/mol. The van der Waals surface area contributed by atoms with E-state index < -0.39 is 14.6 Å². The van der Waals surface area contributed by atoms with Gasteiger partial charge >= 0.3 is 5.97 Å². The molecule has 0 aliphatic carbocycles. The van der Waals surface area contributed by atoms with E-state index >= 15 is 0 Å². The zero-order valence-electron chi connectivity index (χ0n) is 11.2. The molecule has 0 bridgehead atoms. The van der Waals surface area contributed by atoms with Crippen LogP contribution in [0.2, 0.25) is 0 Å². The Hall–Kier alpha value is -0.620. The van der Waals surface area contributed by atoms with Crippen molar-refractivity contribution >= 4 is 15.8 Å². The smallest absolute Gasteiger partial charge is 0.309 e. The van der Waals surface area contributed by atoms with Gasteiger partial charge < -0.3 is 10.1 Å². The normalized spacial score (nSPS) is 14.4. The summed E-state index contributed by atoms with van der Waals surface area (Å²) in [6, 6.07) is 0. The third-order valence-electron chi connectivity index (χ3n) is 2.69. The van der Waals surface area contributed by atoms with E-state index in [1.807, 2.05) is 0 Å². The highest BCUT2D eigenvalue weighted by atomic mass is 32.2. The molecule has 1 atom stereocenters. The number of ether oxygens (including phenoxy) is 1. The van der Waals surface area contributed by atoms with E-state index in [-0.39, 0.29) is 11.9 Å². The maximum absolute atomic E-state index is 11.4. The van der Waals surface area contributed by atoms with Gasteiger partial charge in [-0.1, -0.05) is 6.92 Å². The van der Waals surface area contributed by atoms with Crippen LogP contribution in [0.5, 0.6) is 0 Å². The van der Waals surface area contributed by atoms with Crippen molar-refractivity contribution in [2.24, 2.45) is 5.92 Å². The second-order valence-corrected chi connectivity index (χ2v) is 7.47. The summed E-state index contributed by atoms with van der Waals surface area (Å²) in [7, 11) is -3.11. The molecule has 0 fully saturated rings. The lowest BCUT2D eigenvalue weighted by molar-refractivity contribution is -0.147. The molecule has 6 heteroatoms. The van der Waals surface area contributed by atoms with Gasteiger partial charge in [-0.15, -0.1) is 0 Å². The lowest BCUT2D eigenvalue weighted by Gasteiger charge is -2.23. The fourth-order valence-electron chi connectivity index (χ4n) is 1.09. The van der Waals surface area contributed by atoms with Crippen LogP contribution >= 0.6 is 0 Å². The second-order valence-electron chi connectivity index (χ2n) is 4.82.